The van der Waals surface area contributed by atoms with Gasteiger partial charge in [-0.15, -0.1) is 0 Å². The average Bonchev–Trinajstić information content (AvgIpc) is 3.18. The van der Waals surface area contributed by atoms with Gasteiger partial charge in [-0.2, -0.15) is 0 Å². The Balaban J connectivity index is 1.89. The van der Waals surface area contributed by atoms with Crippen molar-refractivity contribution in [1.82, 2.24) is 5.32 Å². The van der Waals surface area contributed by atoms with Crippen molar-refractivity contribution in [3.63, 3.8) is 0 Å². The lowest BCUT2D eigenvalue weighted by Crippen LogP contribution is -2.20. The van der Waals surface area contributed by atoms with Crippen LogP contribution >= 0.6 is 0 Å². The van der Waals surface area contributed by atoms with Crippen LogP contribution in [0.25, 0.3) is 0 Å². The van der Waals surface area contributed by atoms with Gasteiger partial charge in [0.25, 0.3) is 0 Å². The molecule has 1 saturated carbocycles. The van der Waals surface area contributed by atoms with E-state index in [0.29, 0.717) is 0 Å². The second-order valence-electron chi connectivity index (χ2n) is 4.55. The normalized spacial score (nSPS) is 16.1. The monoisotopic (exact) mass is 233 g/mol. The van der Waals surface area contributed by atoms with Gasteiger partial charge in [-0.25, -0.2) is 0 Å². The molecular formula is C13H19N3O. The minimum Gasteiger partial charge on any atom is -0.409 e. The highest BCUT2D eigenvalue weighted by Crippen LogP contribution is 2.31. The first-order valence-electron chi connectivity index (χ1n) is 6.08. The lowest BCUT2D eigenvalue weighted by molar-refractivity contribution is 0.318. The van der Waals surface area contributed by atoms with Crippen LogP contribution in [0.5, 0.6) is 0 Å². The summed E-state index contributed by atoms with van der Waals surface area (Å²) in [4.78, 5) is 0. The van der Waals surface area contributed by atoms with Crippen LogP contribution in [0.2, 0.25) is 0 Å². The number of rotatable bonds is 6. The third-order valence-corrected chi connectivity index (χ3v) is 3.14. The summed E-state index contributed by atoms with van der Waals surface area (Å²) in [5, 5.41) is 15.2. The summed E-state index contributed by atoms with van der Waals surface area (Å²) in [5.41, 5.74) is 7.50. The predicted octanol–water partition coefficient (Wildman–Crippen LogP) is 1.67. The van der Waals surface area contributed by atoms with E-state index in [4.69, 9.17) is 10.9 Å². The number of hydrogen-bond acceptors (Lipinski definition) is 3. The summed E-state index contributed by atoms with van der Waals surface area (Å²) in [6.07, 6.45) is 4.04. The van der Waals surface area contributed by atoms with Gasteiger partial charge in [0, 0.05) is 12.1 Å². The molecule has 0 bridgehead atoms. The Kier molecular flexibility index (Phi) is 3.98. The van der Waals surface area contributed by atoms with Gasteiger partial charge in [0.05, 0.1) is 0 Å². The molecule has 4 nitrogen and oxygen atoms in total. The first-order chi connectivity index (χ1) is 8.31. The largest absolute Gasteiger partial charge is 0.409 e. The molecule has 1 aromatic carbocycles. The van der Waals surface area contributed by atoms with Gasteiger partial charge in [0.1, 0.15) is 0 Å². The molecular weight excluding hydrogens is 214 g/mol. The number of oxime groups is 1. The highest BCUT2D eigenvalue weighted by atomic mass is 16.4. The maximum absolute atomic E-state index is 8.71. The zero-order chi connectivity index (χ0) is 12.1. The fourth-order valence-corrected chi connectivity index (χ4v) is 1.91. The maximum Gasteiger partial charge on any atom is 0.170 e. The van der Waals surface area contributed by atoms with Crippen LogP contribution in [-0.2, 0) is 6.54 Å². The second kappa shape index (κ2) is 5.68. The van der Waals surface area contributed by atoms with Crippen molar-refractivity contribution >= 4 is 5.84 Å². The zero-order valence-corrected chi connectivity index (χ0v) is 9.89. The Morgan fingerprint density at radius 3 is 2.88 bits per heavy atom. The third kappa shape index (κ3) is 3.46. The van der Waals surface area contributed by atoms with Crippen molar-refractivity contribution < 1.29 is 5.21 Å². The molecule has 0 radical (unpaired) electrons. The molecule has 0 aromatic heterocycles. The molecule has 0 heterocycles. The van der Waals surface area contributed by atoms with E-state index in [0.717, 1.165) is 30.1 Å². The van der Waals surface area contributed by atoms with Crippen LogP contribution in [0.3, 0.4) is 0 Å². The van der Waals surface area contributed by atoms with E-state index < -0.39 is 0 Å². The summed E-state index contributed by atoms with van der Waals surface area (Å²) in [5.74, 6) is 1.12. The van der Waals surface area contributed by atoms with Crippen molar-refractivity contribution in [3.05, 3.63) is 35.4 Å². The molecule has 1 aliphatic rings. The quantitative estimate of drug-likeness (QED) is 0.230. The Morgan fingerprint density at radius 1 is 1.41 bits per heavy atom. The molecule has 0 aliphatic heterocycles. The summed E-state index contributed by atoms with van der Waals surface area (Å²) in [7, 11) is 0. The molecule has 0 spiro atoms. The molecule has 0 saturated heterocycles. The molecule has 0 unspecified atom stereocenters. The fraction of sp³-hybridized carbons (Fsp3) is 0.462. The molecule has 0 amide bonds. The van der Waals surface area contributed by atoms with Crippen LogP contribution in [-0.4, -0.2) is 17.6 Å². The Hall–Kier alpha value is -1.55. The SMILES string of the molecule is NC(=NO)c1ccccc1CNCCC1CC1. The van der Waals surface area contributed by atoms with Gasteiger partial charge in [-0.1, -0.05) is 42.3 Å². The number of benzene rings is 1. The maximum atomic E-state index is 8.71. The van der Waals surface area contributed by atoms with Gasteiger partial charge < -0.3 is 16.3 Å². The van der Waals surface area contributed by atoms with Gasteiger partial charge >= 0.3 is 0 Å². The van der Waals surface area contributed by atoms with E-state index in [1.165, 1.54) is 19.3 Å². The number of amidine groups is 1. The van der Waals surface area contributed by atoms with Gasteiger partial charge in [0.2, 0.25) is 0 Å². The summed E-state index contributed by atoms with van der Waals surface area (Å²) < 4.78 is 0. The van der Waals surface area contributed by atoms with Crippen molar-refractivity contribution in [2.24, 2.45) is 16.8 Å². The summed E-state index contributed by atoms with van der Waals surface area (Å²) >= 11 is 0. The lowest BCUT2D eigenvalue weighted by atomic mass is 10.1. The molecule has 1 aromatic rings. The highest BCUT2D eigenvalue weighted by molar-refractivity contribution is 5.98. The van der Waals surface area contributed by atoms with Crippen LogP contribution in [0.15, 0.2) is 29.4 Å². The van der Waals surface area contributed by atoms with Crippen molar-refractivity contribution in [2.75, 3.05) is 6.54 Å². The van der Waals surface area contributed by atoms with E-state index in [9.17, 15) is 0 Å². The number of nitrogens with two attached hydrogens (primary N) is 1. The van der Waals surface area contributed by atoms with Gasteiger partial charge in [-0.3, -0.25) is 0 Å². The molecule has 1 aliphatic carbocycles. The summed E-state index contributed by atoms with van der Waals surface area (Å²) in [6.45, 7) is 1.80. The molecule has 17 heavy (non-hydrogen) atoms. The Morgan fingerprint density at radius 2 is 2.18 bits per heavy atom. The predicted molar refractivity (Wildman–Crippen MR) is 68.0 cm³/mol. The zero-order valence-electron chi connectivity index (χ0n) is 9.89. The van der Waals surface area contributed by atoms with Crippen LogP contribution in [0.4, 0.5) is 0 Å². The standard InChI is InChI=1S/C13H19N3O/c14-13(16-17)12-4-2-1-3-11(12)9-15-8-7-10-5-6-10/h1-4,10,15,17H,5-9H2,(H2,14,16). The number of nitrogens with zero attached hydrogens (tertiary/aromatic N) is 1. The highest BCUT2D eigenvalue weighted by Gasteiger charge is 2.19. The molecule has 4 N–H and O–H groups in total. The molecule has 4 heteroatoms. The van der Waals surface area contributed by atoms with E-state index in [1.54, 1.807) is 0 Å². The van der Waals surface area contributed by atoms with Gasteiger partial charge in [0.15, 0.2) is 5.84 Å². The second-order valence-corrected chi connectivity index (χ2v) is 4.55. The number of hydrogen-bond donors (Lipinski definition) is 3. The minimum absolute atomic E-state index is 0.171. The summed E-state index contributed by atoms with van der Waals surface area (Å²) in [6, 6.07) is 7.72. The number of nitrogens with one attached hydrogen (secondary N) is 1. The third-order valence-electron chi connectivity index (χ3n) is 3.14. The molecule has 0 atom stereocenters. The Labute approximate surface area is 102 Å². The topological polar surface area (TPSA) is 70.6 Å². The first kappa shape index (κ1) is 11.9. The lowest BCUT2D eigenvalue weighted by Gasteiger charge is -2.09. The fourth-order valence-electron chi connectivity index (χ4n) is 1.91. The smallest absolute Gasteiger partial charge is 0.170 e. The van der Waals surface area contributed by atoms with E-state index >= 15 is 0 Å². The van der Waals surface area contributed by atoms with Crippen LogP contribution < -0.4 is 11.1 Å². The van der Waals surface area contributed by atoms with E-state index in [-0.39, 0.29) is 5.84 Å². The minimum atomic E-state index is 0.171. The van der Waals surface area contributed by atoms with Crippen molar-refractivity contribution in [1.29, 1.82) is 0 Å². The van der Waals surface area contributed by atoms with E-state index in [2.05, 4.69) is 10.5 Å². The van der Waals surface area contributed by atoms with Crippen LogP contribution in [0.1, 0.15) is 30.4 Å². The van der Waals surface area contributed by atoms with Gasteiger partial charge in [-0.05, 0) is 24.4 Å². The van der Waals surface area contributed by atoms with Crippen molar-refractivity contribution in [3.8, 4) is 0 Å². The van der Waals surface area contributed by atoms with Crippen molar-refractivity contribution in [2.45, 2.75) is 25.8 Å². The first-order valence-corrected chi connectivity index (χ1v) is 6.08. The Bertz CT molecular complexity index is 399. The average molecular weight is 233 g/mol. The van der Waals surface area contributed by atoms with E-state index in [1.807, 2.05) is 24.3 Å². The molecule has 1 fully saturated rings. The molecule has 2 rings (SSSR count). The van der Waals surface area contributed by atoms with Crippen LogP contribution in [0, 0.1) is 5.92 Å². The molecule has 92 valence electrons.